The maximum atomic E-state index is 13.0. The lowest BCUT2D eigenvalue weighted by Gasteiger charge is -1.97. The summed E-state index contributed by atoms with van der Waals surface area (Å²) in [5.41, 5.74) is 2.00. The molecule has 22 heavy (non-hydrogen) atoms. The molecule has 4 nitrogen and oxygen atoms in total. The quantitative estimate of drug-likeness (QED) is 0.581. The third-order valence-corrected chi connectivity index (χ3v) is 4.23. The molecule has 0 N–H and O–H groups in total. The fourth-order valence-corrected chi connectivity index (χ4v) is 3.14. The third-order valence-electron chi connectivity index (χ3n) is 3.33. The summed E-state index contributed by atoms with van der Waals surface area (Å²) in [5, 5.41) is 13.9. The van der Waals surface area contributed by atoms with E-state index in [1.165, 1.54) is 29.0 Å². The average Bonchev–Trinajstić information content (AvgIpc) is 3.09. The summed E-state index contributed by atoms with van der Waals surface area (Å²) in [7, 11) is 0. The first-order valence-corrected chi connectivity index (χ1v) is 7.62. The molecule has 0 unspecified atom stereocenters. The van der Waals surface area contributed by atoms with Gasteiger partial charge in [-0.25, -0.2) is 4.39 Å². The smallest absolute Gasteiger partial charge is 0.207 e. The molecule has 0 aliphatic heterocycles. The molecule has 6 heteroatoms. The van der Waals surface area contributed by atoms with Crippen LogP contribution in [0.2, 0.25) is 0 Å². The molecule has 0 spiro atoms. The Labute approximate surface area is 129 Å². The minimum atomic E-state index is -0.271. The van der Waals surface area contributed by atoms with Gasteiger partial charge in [0.15, 0.2) is 5.82 Å². The first kappa shape index (κ1) is 13.1. The van der Waals surface area contributed by atoms with Crippen molar-refractivity contribution in [1.29, 1.82) is 0 Å². The van der Waals surface area contributed by atoms with Gasteiger partial charge in [-0.05, 0) is 29.8 Å². The third kappa shape index (κ3) is 2.37. The fourth-order valence-electron chi connectivity index (χ4n) is 2.28. The van der Waals surface area contributed by atoms with Gasteiger partial charge in [-0.3, -0.25) is 0 Å². The number of nitrogens with zero attached hydrogens (tertiary/aromatic N) is 4. The van der Waals surface area contributed by atoms with Crippen molar-refractivity contribution in [2.75, 3.05) is 0 Å². The Morgan fingerprint density at radius 1 is 0.955 bits per heavy atom. The van der Waals surface area contributed by atoms with Crippen molar-refractivity contribution in [2.45, 2.75) is 6.42 Å². The summed E-state index contributed by atoms with van der Waals surface area (Å²) in [5.74, 6) is 0.359. The molecule has 0 radical (unpaired) electrons. The van der Waals surface area contributed by atoms with Gasteiger partial charge in [-0.1, -0.05) is 41.7 Å². The Kier molecular flexibility index (Phi) is 3.16. The first-order chi connectivity index (χ1) is 10.8. The molecular formula is C16H11FN4S. The zero-order valence-corrected chi connectivity index (χ0v) is 12.3. The molecule has 4 aromatic rings. The predicted octanol–water partition coefficient (Wildman–Crippen LogP) is 3.58. The van der Waals surface area contributed by atoms with Gasteiger partial charge in [-0.2, -0.15) is 9.61 Å². The van der Waals surface area contributed by atoms with E-state index in [1.807, 2.05) is 18.2 Å². The summed E-state index contributed by atoms with van der Waals surface area (Å²) >= 11 is 1.51. The van der Waals surface area contributed by atoms with Crippen molar-refractivity contribution >= 4 is 16.3 Å². The maximum Gasteiger partial charge on any atom is 0.234 e. The van der Waals surface area contributed by atoms with Crippen LogP contribution in [-0.2, 0) is 6.42 Å². The van der Waals surface area contributed by atoms with E-state index in [0.717, 1.165) is 22.0 Å². The van der Waals surface area contributed by atoms with Crippen LogP contribution in [0, 0.1) is 5.82 Å². The van der Waals surface area contributed by atoms with E-state index >= 15 is 0 Å². The zero-order chi connectivity index (χ0) is 14.9. The molecule has 0 atom stereocenters. The fraction of sp³-hybridized carbons (Fsp3) is 0.0625. The lowest BCUT2D eigenvalue weighted by atomic mass is 10.2. The van der Waals surface area contributed by atoms with E-state index in [9.17, 15) is 4.39 Å². The van der Waals surface area contributed by atoms with E-state index < -0.39 is 0 Å². The summed E-state index contributed by atoms with van der Waals surface area (Å²) in [4.78, 5) is 0.741. The van der Waals surface area contributed by atoms with Crippen molar-refractivity contribution < 1.29 is 4.39 Å². The van der Waals surface area contributed by atoms with Crippen LogP contribution < -0.4 is 0 Å². The molecule has 0 aliphatic carbocycles. The van der Waals surface area contributed by atoms with Crippen LogP contribution in [0.3, 0.4) is 0 Å². The standard InChI is InChI=1S/C16H11FN4S/c17-13-8-6-12(7-9-13)15-18-19-16-21(15)20-14(22-16)10-11-4-2-1-3-5-11/h1-9H,10H2. The van der Waals surface area contributed by atoms with Crippen molar-refractivity contribution in [1.82, 2.24) is 19.8 Å². The Hall–Kier alpha value is -2.60. The van der Waals surface area contributed by atoms with E-state index in [2.05, 4.69) is 27.4 Å². The SMILES string of the molecule is Fc1ccc(-c2nnc3sc(Cc4ccccc4)nn23)cc1. The second-order valence-electron chi connectivity index (χ2n) is 4.88. The van der Waals surface area contributed by atoms with Crippen molar-refractivity contribution in [3.63, 3.8) is 0 Å². The molecule has 0 aliphatic rings. The second kappa shape index (κ2) is 5.31. The lowest BCUT2D eigenvalue weighted by Crippen LogP contribution is -1.93. The number of hydrogen-bond acceptors (Lipinski definition) is 4. The second-order valence-corrected chi connectivity index (χ2v) is 5.92. The summed E-state index contributed by atoms with van der Waals surface area (Å²) in [6.07, 6.45) is 0.762. The van der Waals surface area contributed by atoms with Crippen LogP contribution in [-0.4, -0.2) is 19.8 Å². The van der Waals surface area contributed by atoms with Gasteiger partial charge in [0, 0.05) is 12.0 Å². The van der Waals surface area contributed by atoms with Crippen LogP contribution in [0.5, 0.6) is 0 Å². The number of halogens is 1. The van der Waals surface area contributed by atoms with Gasteiger partial charge < -0.3 is 0 Å². The van der Waals surface area contributed by atoms with Crippen LogP contribution in [0.1, 0.15) is 10.6 Å². The van der Waals surface area contributed by atoms with E-state index in [-0.39, 0.29) is 5.82 Å². The van der Waals surface area contributed by atoms with Crippen LogP contribution in [0.25, 0.3) is 16.3 Å². The van der Waals surface area contributed by atoms with Crippen LogP contribution in [0.15, 0.2) is 54.6 Å². The summed E-state index contributed by atoms with van der Waals surface area (Å²) < 4.78 is 14.8. The van der Waals surface area contributed by atoms with Gasteiger partial charge in [-0.15, -0.1) is 10.2 Å². The topological polar surface area (TPSA) is 43.1 Å². The van der Waals surface area contributed by atoms with Crippen molar-refractivity contribution in [3.8, 4) is 11.4 Å². The molecule has 2 heterocycles. The zero-order valence-electron chi connectivity index (χ0n) is 11.5. The normalized spacial score (nSPS) is 11.1. The van der Waals surface area contributed by atoms with Gasteiger partial charge in [0.05, 0.1) is 0 Å². The minimum Gasteiger partial charge on any atom is -0.207 e. The highest BCUT2D eigenvalue weighted by molar-refractivity contribution is 7.16. The molecule has 2 aromatic heterocycles. The van der Waals surface area contributed by atoms with Gasteiger partial charge in [0.1, 0.15) is 10.8 Å². The molecule has 2 aromatic carbocycles. The predicted molar refractivity (Wildman–Crippen MR) is 83.3 cm³/mol. The van der Waals surface area contributed by atoms with E-state index in [1.54, 1.807) is 16.6 Å². The van der Waals surface area contributed by atoms with Crippen LogP contribution >= 0.6 is 11.3 Å². The van der Waals surface area contributed by atoms with Gasteiger partial charge in [0.25, 0.3) is 0 Å². The Morgan fingerprint density at radius 2 is 1.73 bits per heavy atom. The van der Waals surface area contributed by atoms with Crippen LogP contribution in [0.4, 0.5) is 4.39 Å². The van der Waals surface area contributed by atoms with Crippen molar-refractivity contribution in [2.24, 2.45) is 0 Å². The lowest BCUT2D eigenvalue weighted by molar-refractivity contribution is 0.628. The maximum absolute atomic E-state index is 13.0. The van der Waals surface area contributed by atoms with Gasteiger partial charge >= 0.3 is 0 Å². The molecule has 0 saturated heterocycles. The Bertz CT molecular complexity index is 912. The van der Waals surface area contributed by atoms with Crippen molar-refractivity contribution in [3.05, 3.63) is 71.0 Å². The van der Waals surface area contributed by atoms with E-state index in [4.69, 9.17) is 0 Å². The number of hydrogen-bond donors (Lipinski definition) is 0. The highest BCUT2D eigenvalue weighted by Crippen LogP contribution is 2.23. The molecular weight excluding hydrogens is 299 g/mol. The molecule has 4 rings (SSSR count). The summed E-state index contributed by atoms with van der Waals surface area (Å²) in [6.45, 7) is 0. The average molecular weight is 310 g/mol. The number of benzene rings is 2. The molecule has 0 amide bonds. The monoisotopic (exact) mass is 310 g/mol. The Balaban J connectivity index is 1.71. The van der Waals surface area contributed by atoms with E-state index in [0.29, 0.717) is 5.82 Å². The summed E-state index contributed by atoms with van der Waals surface area (Å²) in [6, 6.07) is 16.4. The van der Waals surface area contributed by atoms with Gasteiger partial charge in [0.2, 0.25) is 4.96 Å². The number of aromatic nitrogens is 4. The highest BCUT2D eigenvalue weighted by Gasteiger charge is 2.13. The molecule has 0 bridgehead atoms. The number of rotatable bonds is 3. The first-order valence-electron chi connectivity index (χ1n) is 6.80. The highest BCUT2D eigenvalue weighted by atomic mass is 32.1. The minimum absolute atomic E-state index is 0.271. The largest absolute Gasteiger partial charge is 0.234 e. The Morgan fingerprint density at radius 3 is 2.50 bits per heavy atom. The number of fused-ring (bicyclic) bond motifs is 1. The molecule has 108 valence electrons. The molecule has 0 saturated carbocycles. The molecule has 0 fully saturated rings.